The highest BCUT2D eigenvalue weighted by molar-refractivity contribution is 5.63. The van der Waals surface area contributed by atoms with Gasteiger partial charge in [0.25, 0.3) is 5.56 Å². The molecule has 0 saturated carbocycles. The zero-order chi connectivity index (χ0) is 15.4. The van der Waals surface area contributed by atoms with E-state index in [1.807, 2.05) is 6.92 Å². The second-order valence-corrected chi connectivity index (χ2v) is 4.48. The van der Waals surface area contributed by atoms with Gasteiger partial charge >= 0.3 is 5.69 Å². The predicted molar refractivity (Wildman–Crippen MR) is 82.4 cm³/mol. The Morgan fingerprint density at radius 3 is 2.52 bits per heavy atom. The molecule has 0 unspecified atom stereocenters. The highest BCUT2D eigenvalue weighted by atomic mass is 16.5. The fourth-order valence-electron chi connectivity index (χ4n) is 1.96. The normalized spacial score (nSPS) is 10.4. The van der Waals surface area contributed by atoms with Crippen LogP contribution >= 0.6 is 0 Å². The van der Waals surface area contributed by atoms with Crippen LogP contribution in [0.5, 0.6) is 5.75 Å². The molecule has 0 aliphatic carbocycles. The van der Waals surface area contributed by atoms with Crippen LogP contribution in [0, 0.1) is 0 Å². The van der Waals surface area contributed by atoms with Gasteiger partial charge in [0.15, 0.2) is 0 Å². The molecule has 7 heteroatoms. The lowest BCUT2D eigenvalue weighted by Gasteiger charge is -2.13. The highest BCUT2D eigenvalue weighted by Gasteiger charge is 2.13. The number of benzene rings is 1. The minimum Gasteiger partial charge on any atom is -0.497 e. The van der Waals surface area contributed by atoms with Crippen LogP contribution in [0.3, 0.4) is 0 Å². The molecule has 21 heavy (non-hydrogen) atoms. The zero-order valence-corrected chi connectivity index (χ0v) is 12.0. The Labute approximate surface area is 121 Å². The Bertz CT molecular complexity index is 731. The van der Waals surface area contributed by atoms with E-state index in [0.717, 1.165) is 6.42 Å². The molecule has 112 valence electrons. The number of ether oxygens (including phenoxy) is 1. The van der Waals surface area contributed by atoms with Gasteiger partial charge in [0, 0.05) is 6.54 Å². The van der Waals surface area contributed by atoms with Crippen molar-refractivity contribution in [1.82, 2.24) is 9.55 Å². The SMILES string of the molecule is CCCNc1c(N)n(-c2ccc(OC)cc2)c(=O)[nH]c1=O. The van der Waals surface area contributed by atoms with Gasteiger partial charge in [-0.25, -0.2) is 9.36 Å². The van der Waals surface area contributed by atoms with Crippen LogP contribution in [-0.4, -0.2) is 23.2 Å². The van der Waals surface area contributed by atoms with Crippen molar-refractivity contribution in [3.8, 4) is 11.4 Å². The number of rotatable bonds is 5. The Balaban J connectivity index is 2.56. The summed E-state index contributed by atoms with van der Waals surface area (Å²) in [6, 6.07) is 6.81. The van der Waals surface area contributed by atoms with E-state index in [1.165, 1.54) is 4.57 Å². The van der Waals surface area contributed by atoms with E-state index >= 15 is 0 Å². The van der Waals surface area contributed by atoms with Crippen molar-refractivity contribution < 1.29 is 4.74 Å². The van der Waals surface area contributed by atoms with E-state index in [4.69, 9.17) is 10.5 Å². The molecular weight excluding hydrogens is 272 g/mol. The van der Waals surface area contributed by atoms with Crippen molar-refractivity contribution in [3.05, 3.63) is 45.1 Å². The number of nitrogens with two attached hydrogens (primary N) is 1. The van der Waals surface area contributed by atoms with E-state index in [2.05, 4.69) is 10.3 Å². The Hall–Kier alpha value is -2.70. The third-order valence-corrected chi connectivity index (χ3v) is 3.03. The zero-order valence-electron chi connectivity index (χ0n) is 12.0. The second-order valence-electron chi connectivity index (χ2n) is 4.48. The van der Waals surface area contributed by atoms with Crippen molar-refractivity contribution in [2.24, 2.45) is 0 Å². The molecule has 0 aliphatic rings. The minimum absolute atomic E-state index is 0.0855. The number of anilines is 2. The fourth-order valence-corrected chi connectivity index (χ4v) is 1.96. The maximum Gasteiger partial charge on any atom is 0.334 e. The summed E-state index contributed by atoms with van der Waals surface area (Å²) >= 11 is 0. The van der Waals surface area contributed by atoms with Crippen LogP contribution in [0.25, 0.3) is 5.69 Å². The fraction of sp³-hybridized carbons (Fsp3) is 0.286. The molecule has 0 saturated heterocycles. The summed E-state index contributed by atoms with van der Waals surface area (Å²) in [5.41, 5.74) is 5.63. The first-order valence-electron chi connectivity index (χ1n) is 6.61. The van der Waals surface area contributed by atoms with Crippen molar-refractivity contribution in [3.63, 3.8) is 0 Å². The lowest BCUT2D eigenvalue weighted by atomic mass is 10.3. The summed E-state index contributed by atoms with van der Waals surface area (Å²) in [6.45, 7) is 2.56. The Kier molecular flexibility index (Phi) is 4.32. The molecule has 0 atom stereocenters. The van der Waals surface area contributed by atoms with Gasteiger partial charge in [0.2, 0.25) is 0 Å². The van der Waals surface area contributed by atoms with E-state index in [9.17, 15) is 9.59 Å². The molecule has 0 bridgehead atoms. The average Bonchev–Trinajstić information content (AvgIpc) is 2.47. The van der Waals surface area contributed by atoms with Gasteiger partial charge < -0.3 is 15.8 Å². The molecule has 1 aromatic heterocycles. The molecule has 2 rings (SSSR count). The number of hydrogen-bond donors (Lipinski definition) is 3. The topological polar surface area (TPSA) is 102 Å². The molecule has 2 aromatic rings. The summed E-state index contributed by atoms with van der Waals surface area (Å²) < 4.78 is 6.32. The smallest absolute Gasteiger partial charge is 0.334 e. The molecule has 0 radical (unpaired) electrons. The van der Waals surface area contributed by atoms with Gasteiger partial charge in [-0.2, -0.15) is 0 Å². The summed E-state index contributed by atoms with van der Waals surface area (Å²) in [6.07, 6.45) is 0.834. The van der Waals surface area contributed by atoms with Gasteiger partial charge in [0.05, 0.1) is 12.8 Å². The number of nitrogens with zero attached hydrogens (tertiary/aromatic N) is 1. The van der Waals surface area contributed by atoms with Crippen LogP contribution in [0.1, 0.15) is 13.3 Å². The molecule has 0 fully saturated rings. The summed E-state index contributed by atoms with van der Waals surface area (Å²) in [4.78, 5) is 26.1. The summed E-state index contributed by atoms with van der Waals surface area (Å²) in [5, 5.41) is 2.94. The number of aromatic amines is 1. The Morgan fingerprint density at radius 2 is 1.95 bits per heavy atom. The maximum absolute atomic E-state index is 12.0. The van der Waals surface area contributed by atoms with Gasteiger partial charge in [-0.3, -0.25) is 9.78 Å². The van der Waals surface area contributed by atoms with Crippen LogP contribution in [0.15, 0.2) is 33.9 Å². The van der Waals surface area contributed by atoms with Crippen molar-refractivity contribution in [2.75, 3.05) is 24.7 Å². The molecular formula is C14H18N4O3. The summed E-state index contributed by atoms with van der Waals surface area (Å²) in [7, 11) is 1.56. The van der Waals surface area contributed by atoms with E-state index in [1.54, 1.807) is 31.4 Å². The molecule has 0 aliphatic heterocycles. The number of H-pyrrole nitrogens is 1. The molecule has 1 heterocycles. The van der Waals surface area contributed by atoms with Gasteiger partial charge in [-0.15, -0.1) is 0 Å². The standard InChI is InChI=1S/C14H18N4O3/c1-3-8-16-11-12(15)18(14(20)17-13(11)19)9-4-6-10(21-2)7-5-9/h4-7,16H,3,8,15H2,1-2H3,(H,17,19,20). The Morgan fingerprint density at radius 1 is 1.29 bits per heavy atom. The lowest BCUT2D eigenvalue weighted by Crippen LogP contribution is -2.33. The largest absolute Gasteiger partial charge is 0.497 e. The highest BCUT2D eigenvalue weighted by Crippen LogP contribution is 2.18. The summed E-state index contributed by atoms with van der Waals surface area (Å²) in [5.74, 6) is 0.751. The third kappa shape index (κ3) is 2.91. The molecule has 0 amide bonds. The second kappa shape index (κ2) is 6.17. The van der Waals surface area contributed by atoms with Crippen molar-refractivity contribution >= 4 is 11.5 Å². The predicted octanol–water partition coefficient (Wildman–Crippen LogP) is 0.939. The lowest BCUT2D eigenvalue weighted by molar-refractivity contribution is 0.414. The number of nitrogens with one attached hydrogen (secondary N) is 2. The maximum atomic E-state index is 12.0. The van der Waals surface area contributed by atoms with E-state index in [-0.39, 0.29) is 11.5 Å². The van der Waals surface area contributed by atoms with Crippen LogP contribution < -0.4 is 27.0 Å². The van der Waals surface area contributed by atoms with E-state index < -0.39 is 11.2 Å². The van der Waals surface area contributed by atoms with Crippen molar-refractivity contribution in [2.45, 2.75) is 13.3 Å². The average molecular weight is 290 g/mol. The molecule has 1 aromatic carbocycles. The first kappa shape index (κ1) is 14.7. The van der Waals surface area contributed by atoms with Gasteiger partial charge in [0.1, 0.15) is 17.3 Å². The molecule has 4 N–H and O–H groups in total. The number of methoxy groups -OCH3 is 1. The first-order valence-corrected chi connectivity index (χ1v) is 6.61. The number of nitrogen functional groups attached to an aromatic ring is 1. The van der Waals surface area contributed by atoms with Gasteiger partial charge in [-0.05, 0) is 30.7 Å². The van der Waals surface area contributed by atoms with Gasteiger partial charge in [-0.1, -0.05) is 6.92 Å². The first-order chi connectivity index (χ1) is 10.1. The monoisotopic (exact) mass is 290 g/mol. The van der Waals surface area contributed by atoms with Crippen molar-refractivity contribution in [1.29, 1.82) is 0 Å². The van der Waals surface area contributed by atoms with Crippen LogP contribution in [-0.2, 0) is 0 Å². The number of aromatic nitrogens is 2. The van der Waals surface area contributed by atoms with Crippen LogP contribution in [0.2, 0.25) is 0 Å². The number of hydrogen-bond acceptors (Lipinski definition) is 5. The third-order valence-electron chi connectivity index (χ3n) is 3.03. The quantitative estimate of drug-likeness (QED) is 0.760. The molecule has 0 spiro atoms. The van der Waals surface area contributed by atoms with Crippen LogP contribution in [0.4, 0.5) is 11.5 Å². The van der Waals surface area contributed by atoms with E-state index in [0.29, 0.717) is 18.0 Å². The minimum atomic E-state index is -0.579. The molecule has 7 nitrogen and oxygen atoms in total.